The molecule has 0 atom stereocenters. The second-order valence-corrected chi connectivity index (χ2v) is 9.51. The van der Waals surface area contributed by atoms with Crippen molar-refractivity contribution in [1.29, 1.82) is 0 Å². The lowest BCUT2D eigenvalue weighted by atomic mass is 10.1. The number of hydrogen-bond acceptors (Lipinski definition) is 9. The molecule has 2 heterocycles. The van der Waals surface area contributed by atoms with Gasteiger partial charge in [-0.3, -0.25) is 14.5 Å². The first-order valence-electron chi connectivity index (χ1n) is 9.62. The van der Waals surface area contributed by atoms with Gasteiger partial charge in [0.05, 0.1) is 36.5 Å². The second-order valence-electron chi connectivity index (χ2n) is 6.80. The molecule has 0 spiro atoms. The van der Waals surface area contributed by atoms with Crippen molar-refractivity contribution in [2.45, 2.75) is 31.6 Å². The topological polar surface area (TPSA) is 136 Å². The number of nitrogens with zero attached hydrogens (tertiary/aromatic N) is 4. The minimum Gasteiger partial charge on any atom is -0.477 e. The third-order valence-electron chi connectivity index (χ3n) is 4.42. The molecule has 12 heteroatoms. The van der Waals surface area contributed by atoms with Crippen LogP contribution in [0.5, 0.6) is 5.88 Å². The first-order chi connectivity index (χ1) is 14.9. The zero-order valence-corrected chi connectivity index (χ0v) is 18.2. The van der Waals surface area contributed by atoms with Crippen molar-refractivity contribution in [3.05, 3.63) is 48.0 Å². The molecule has 1 amide bonds. The Bertz CT molecular complexity index is 1180. The maximum Gasteiger partial charge on any atom is 0.251 e. The van der Waals surface area contributed by atoms with E-state index in [0.29, 0.717) is 42.4 Å². The molecule has 0 unspecified atom stereocenters. The molecular weight excluding hydrogens is 440 g/mol. The molecule has 0 radical (unpaired) electrons. The Hall–Kier alpha value is -3.12. The molecule has 4 rings (SSSR count). The van der Waals surface area contributed by atoms with Gasteiger partial charge in [0.1, 0.15) is 0 Å². The molecule has 31 heavy (non-hydrogen) atoms. The summed E-state index contributed by atoms with van der Waals surface area (Å²) in [5, 5.41) is 2.60. The van der Waals surface area contributed by atoms with E-state index >= 15 is 0 Å². The van der Waals surface area contributed by atoms with Gasteiger partial charge in [-0.1, -0.05) is 12.1 Å². The van der Waals surface area contributed by atoms with Crippen molar-refractivity contribution in [3.63, 3.8) is 0 Å². The van der Waals surface area contributed by atoms with Gasteiger partial charge in [0.15, 0.2) is 5.82 Å². The van der Waals surface area contributed by atoms with Gasteiger partial charge in [0.2, 0.25) is 21.0 Å². The molecule has 162 valence electrons. The Kier molecular flexibility index (Phi) is 6.09. The smallest absolute Gasteiger partial charge is 0.251 e. The van der Waals surface area contributed by atoms with E-state index in [1.54, 1.807) is 36.7 Å². The minimum absolute atomic E-state index is 0.0874. The highest BCUT2D eigenvalue weighted by atomic mass is 32.2. The predicted molar refractivity (Wildman–Crippen MR) is 115 cm³/mol. The molecule has 10 nitrogen and oxygen atoms in total. The Balaban J connectivity index is 1.34. The number of rotatable bonds is 9. The van der Waals surface area contributed by atoms with Crippen LogP contribution < -0.4 is 14.8 Å². The molecule has 0 saturated heterocycles. The van der Waals surface area contributed by atoms with Crippen molar-refractivity contribution in [1.82, 2.24) is 24.6 Å². The first kappa shape index (κ1) is 21.1. The van der Waals surface area contributed by atoms with Gasteiger partial charge in [-0.25, -0.2) is 18.4 Å². The number of sulfonamides is 1. The molecule has 0 aliphatic heterocycles. The quantitative estimate of drug-likeness (QED) is 0.496. The fourth-order valence-electron chi connectivity index (χ4n) is 2.71. The third kappa shape index (κ3) is 5.33. The van der Waals surface area contributed by atoms with Crippen molar-refractivity contribution < 1.29 is 17.9 Å². The molecule has 2 N–H and O–H groups in total. The van der Waals surface area contributed by atoms with E-state index < -0.39 is 10.0 Å². The number of hydrogen-bond donors (Lipinski definition) is 2. The average Bonchev–Trinajstić information content (AvgIpc) is 3.55. The van der Waals surface area contributed by atoms with E-state index in [4.69, 9.17) is 4.74 Å². The molecule has 1 aromatic carbocycles. The molecular formula is C19H20N6O4S2. The van der Waals surface area contributed by atoms with E-state index in [9.17, 15) is 13.2 Å². The number of amides is 1. The summed E-state index contributed by atoms with van der Waals surface area (Å²) in [7, 11) is -3.38. The lowest BCUT2D eigenvalue weighted by Gasteiger charge is -2.06. The monoisotopic (exact) mass is 460 g/mol. The van der Waals surface area contributed by atoms with Crippen molar-refractivity contribution in [3.8, 4) is 17.1 Å². The molecule has 1 aliphatic rings. The Morgan fingerprint density at radius 3 is 2.68 bits per heavy atom. The second kappa shape index (κ2) is 8.94. The summed E-state index contributed by atoms with van der Waals surface area (Å²) in [6.45, 7) is 2.46. The third-order valence-corrected chi connectivity index (χ3v) is 7.04. The number of ether oxygens (including phenoxy) is 1. The maximum absolute atomic E-state index is 12.4. The standard InChI is InChI=1S/C19H20N6O4S2/c1-2-29-17-11-20-9-15(22-17)12-3-5-13(6-4-12)18(26)21-10-16-23-19(30-24-16)25-31(27,28)14-7-8-14/h3-6,9,11,14H,2,7-8,10H2,1H3,(H,21,26)(H,23,24,25). The molecule has 1 saturated carbocycles. The van der Waals surface area contributed by atoms with E-state index in [1.807, 2.05) is 6.92 Å². The van der Waals surface area contributed by atoms with Crippen LogP contribution in [0.1, 0.15) is 35.9 Å². The first-order valence-corrected chi connectivity index (χ1v) is 11.9. The lowest BCUT2D eigenvalue weighted by molar-refractivity contribution is 0.0950. The van der Waals surface area contributed by atoms with Gasteiger partial charge in [0, 0.05) is 22.7 Å². The van der Waals surface area contributed by atoms with E-state index in [0.717, 1.165) is 17.1 Å². The molecule has 2 aromatic heterocycles. The van der Waals surface area contributed by atoms with Crippen LogP contribution in [0.25, 0.3) is 11.3 Å². The van der Waals surface area contributed by atoms with Crippen LogP contribution in [0, 0.1) is 0 Å². The lowest BCUT2D eigenvalue weighted by Crippen LogP contribution is -2.23. The van der Waals surface area contributed by atoms with Gasteiger partial charge >= 0.3 is 0 Å². The van der Waals surface area contributed by atoms with Crippen LogP contribution in [0.2, 0.25) is 0 Å². The highest BCUT2D eigenvalue weighted by Crippen LogP contribution is 2.30. The number of anilines is 1. The number of carbonyl (C=O) groups is 1. The molecule has 1 fully saturated rings. The molecule has 0 bridgehead atoms. The van der Waals surface area contributed by atoms with E-state index in [1.165, 1.54) is 0 Å². The van der Waals surface area contributed by atoms with Crippen LogP contribution in [0.15, 0.2) is 36.7 Å². The van der Waals surface area contributed by atoms with Crippen LogP contribution in [0.4, 0.5) is 5.13 Å². The number of benzene rings is 1. The highest BCUT2D eigenvalue weighted by Gasteiger charge is 2.36. The largest absolute Gasteiger partial charge is 0.477 e. The van der Waals surface area contributed by atoms with Crippen molar-refractivity contribution in [2.75, 3.05) is 11.3 Å². The Morgan fingerprint density at radius 1 is 1.19 bits per heavy atom. The van der Waals surface area contributed by atoms with E-state index in [2.05, 4.69) is 29.4 Å². The SMILES string of the molecule is CCOc1cncc(-c2ccc(C(=O)NCc3nsc(NS(=O)(=O)C4CC4)n3)cc2)n1. The maximum atomic E-state index is 12.4. The van der Waals surface area contributed by atoms with E-state index in [-0.39, 0.29) is 22.8 Å². The summed E-state index contributed by atoms with van der Waals surface area (Å²) < 4.78 is 35.8. The Morgan fingerprint density at radius 2 is 1.97 bits per heavy atom. The zero-order chi connectivity index (χ0) is 21.8. The average molecular weight is 461 g/mol. The number of aromatic nitrogens is 4. The molecule has 1 aliphatic carbocycles. The van der Waals surface area contributed by atoms with Crippen LogP contribution >= 0.6 is 11.5 Å². The summed E-state index contributed by atoms with van der Waals surface area (Å²) in [5.74, 6) is 0.485. The highest BCUT2D eigenvalue weighted by molar-refractivity contribution is 7.93. The van der Waals surface area contributed by atoms with Gasteiger partial charge < -0.3 is 10.1 Å². The zero-order valence-electron chi connectivity index (χ0n) is 16.6. The summed E-state index contributed by atoms with van der Waals surface area (Å²) >= 11 is 0.947. The van der Waals surface area contributed by atoms with Gasteiger partial charge in [-0.15, -0.1) is 0 Å². The Labute approximate surface area is 183 Å². The van der Waals surface area contributed by atoms with Crippen LogP contribution in [-0.2, 0) is 16.6 Å². The van der Waals surface area contributed by atoms with Gasteiger partial charge in [0.25, 0.3) is 5.91 Å². The number of carbonyl (C=O) groups excluding carboxylic acids is 1. The van der Waals surface area contributed by atoms with Crippen molar-refractivity contribution >= 4 is 32.6 Å². The summed E-state index contributed by atoms with van der Waals surface area (Å²) in [4.78, 5) is 25.0. The van der Waals surface area contributed by atoms with Crippen LogP contribution in [0.3, 0.4) is 0 Å². The fraction of sp³-hybridized carbons (Fsp3) is 0.316. The summed E-state index contributed by atoms with van der Waals surface area (Å²) in [5.41, 5.74) is 1.91. The van der Waals surface area contributed by atoms with Crippen LogP contribution in [-0.4, -0.2) is 45.5 Å². The summed E-state index contributed by atoms with van der Waals surface area (Å²) in [6.07, 6.45) is 4.50. The summed E-state index contributed by atoms with van der Waals surface area (Å²) in [6, 6.07) is 6.92. The number of nitrogens with one attached hydrogen (secondary N) is 2. The minimum atomic E-state index is -3.38. The fourth-order valence-corrected chi connectivity index (χ4v) is 4.86. The van der Waals surface area contributed by atoms with Gasteiger partial charge in [-0.2, -0.15) is 4.37 Å². The van der Waals surface area contributed by atoms with Crippen molar-refractivity contribution in [2.24, 2.45) is 0 Å². The molecule has 3 aromatic rings. The van der Waals surface area contributed by atoms with Gasteiger partial charge in [-0.05, 0) is 31.9 Å². The normalized spacial score (nSPS) is 13.6. The predicted octanol–water partition coefficient (Wildman–Crippen LogP) is 2.23.